The average Bonchev–Trinajstić information content (AvgIpc) is 3.83. The van der Waals surface area contributed by atoms with E-state index < -0.39 is 7.69 Å². The van der Waals surface area contributed by atoms with Crippen LogP contribution in [0.25, 0.3) is 33.5 Å². The van der Waals surface area contributed by atoms with Gasteiger partial charge in [0, 0.05) is 33.7 Å². The van der Waals surface area contributed by atoms with E-state index in [1.807, 2.05) is 4.48 Å². The van der Waals surface area contributed by atoms with Crippen molar-refractivity contribution in [3.05, 3.63) is 189 Å². The molecule has 0 amide bonds. The van der Waals surface area contributed by atoms with Gasteiger partial charge >= 0.3 is 7.69 Å². The van der Waals surface area contributed by atoms with Gasteiger partial charge in [0.05, 0.1) is 11.4 Å². The van der Waals surface area contributed by atoms with Gasteiger partial charge in [-0.2, -0.15) is 0 Å². The lowest BCUT2D eigenvalue weighted by Crippen LogP contribution is -2.12. The molecule has 1 aromatic heterocycles. The molecule has 1 aliphatic rings. The molecule has 0 aliphatic carbocycles. The number of halogens is 1. The average molecular weight is 835 g/mol. The summed E-state index contributed by atoms with van der Waals surface area (Å²) in [4.78, 5) is 5.65. The van der Waals surface area contributed by atoms with E-state index in [1.54, 1.807) is 0 Å². The summed E-state index contributed by atoms with van der Waals surface area (Å²) in [6.45, 7) is 33.6. The van der Waals surface area contributed by atoms with Crippen LogP contribution in [0.1, 0.15) is 154 Å². The number of hydrogen-bond donors (Lipinski definition) is 0. The number of nitrogens with zero attached hydrogens (tertiary/aromatic N) is 2. The predicted octanol–water partition coefficient (Wildman–Crippen LogP) is 15.7. The van der Waals surface area contributed by atoms with Crippen LogP contribution in [0, 0.1) is 0 Å². The van der Waals surface area contributed by atoms with Gasteiger partial charge in [-0.3, -0.25) is 0 Å². The van der Waals surface area contributed by atoms with E-state index in [4.69, 9.17) is 4.99 Å². The van der Waals surface area contributed by atoms with Crippen LogP contribution in [-0.2, 0) is 27.1 Å². The molecule has 4 heteroatoms. The molecule has 0 saturated heterocycles. The molecule has 1 aliphatic heterocycles. The highest BCUT2D eigenvalue weighted by atomic mass is 19.1. The number of allylic oxidation sites excluding steroid dienone is 2. The minimum Gasteiger partial charge on any atom is -0.358 e. The van der Waals surface area contributed by atoms with Crippen molar-refractivity contribution in [2.75, 3.05) is 0 Å². The lowest BCUT2D eigenvalue weighted by atomic mass is 9.84. The maximum Gasteiger partial charge on any atom is 0.449 e. The highest BCUT2D eigenvalue weighted by Gasteiger charge is 2.30. The fourth-order valence-electron chi connectivity index (χ4n) is 8.48. The van der Waals surface area contributed by atoms with Gasteiger partial charge in [-0.1, -0.05) is 225 Å². The van der Waals surface area contributed by atoms with Crippen molar-refractivity contribution < 1.29 is 4.32 Å². The topological polar surface area (TPSA) is 17.3 Å². The Balaban J connectivity index is 1.60. The summed E-state index contributed by atoms with van der Waals surface area (Å²) in [5, 5.41) is 0. The molecule has 0 N–H and O–H groups in total. The van der Waals surface area contributed by atoms with E-state index in [-0.39, 0.29) is 27.1 Å². The molecule has 2 nitrogen and oxygen atoms in total. The molecule has 7 rings (SSSR count). The largest absolute Gasteiger partial charge is 0.449 e. The van der Waals surface area contributed by atoms with Gasteiger partial charge in [0.2, 0.25) is 0 Å². The SMILES string of the molecule is CC(C)(C)c1ccc(C2=CC(c3ccc(C(C)(C)C)cc3)=N/C2=C(/c2ccc(C(C)(C)C)cc2)c2c(-c3ccc(C(C)(C)C)cc3)cc(-c3ccc(C(C)(C)C)cc3)n2BF)cc1. The molecule has 6 aromatic rings. The Kier molecular flexibility index (Phi) is 12.0. The third-order valence-electron chi connectivity index (χ3n) is 12.7. The maximum absolute atomic E-state index is 16.5. The molecule has 0 spiro atoms. The molecular formula is C59H68BFN2. The second-order valence-electron chi connectivity index (χ2n) is 22.8. The summed E-state index contributed by atoms with van der Waals surface area (Å²) in [5.41, 5.74) is 17.5. The number of rotatable bonds is 7. The first-order chi connectivity index (χ1) is 29.3. The van der Waals surface area contributed by atoms with Gasteiger partial charge < -0.3 is 8.79 Å². The number of hydrogen-bond acceptors (Lipinski definition) is 1. The van der Waals surface area contributed by atoms with Crippen LogP contribution in [-0.4, -0.2) is 17.9 Å². The fourth-order valence-corrected chi connectivity index (χ4v) is 8.48. The van der Waals surface area contributed by atoms with Crippen LogP contribution in [0.4, 0.5) is 4.32 Å². The molecule has 0 saturated carbocycles. The Hall–Kier alpha value is -5.48. The molecule has 0 fully saturated rings. The van der Waals surface area contributed by atoms with Crippen LogP contribution < -0.4 is 0 Å². The Morgan fingerprint density at radius 1 is 0.444 bits per heavy atom. The van der Waals surface area contributed by atoms with E-state index in [0.29, 0.717) is 0 Å². The lowest BCUT2D eigenvalue weighted by Gasteiger charge is -2.22. The Morgan fingerprint density at radius 3 is 1.17 bits per heavy atom. The predicted molar refractivity (Wildman–Crippen MR) is 272 cm³/mol. The highest BCUT2D eigenvalue weighted by molar-refractivity contribution is 6.28. The second-order valence-corrected chi connectivity index (χ2v) is 22.8. The van der Waals surface area contributed by atoms with Gasteiger partial charge in [-0.15, -0.1) is 0 Å². The number of aromatic nitrogens is 1. The van der Waals surface area contributed by atoms with Crippen LogP contribution >= 0.6 is 0 Å². The standard InChI is InChI=1S/C59H68BFN2/c1-55(2,3)43-26-16-38(17-27-43)48-36-50(40-20-30-45(31-21-40)57(7,8)9)62-53(48)52(42-24-34-47(35-25-42)59(13,14)15)54-49(39-18-28-44(29-19-39)56(4,5)6)37-51(63(54)60-61)41-22-32-46(33-23-41)58(10,11)12/h16-37,60H,1-15H3/b53-52-. The molecule has 0 radical (unpaired) electrons. The smallest absolute Gasteiger partial charge is 0.358 e. The van der Waals surface area contributed by atoms with Crippen molar-refractivity contribution in [2.24, 2.45) is 4.99 Å². The number of benzene rings is 5. The van der Waals surface area contributed by atoms with E-state index in [0.717, 1.165) is 67.3 Å². The van der Waals surface area contributed by atoms with Gasteiger partial charge in [0.25, 0.3) is 0 Å². The van der Waals surface area contributed by atoms with Gasteiger partial charge in [0.1, 0.15) is 0 Å². The van der Waals surface area contributed by atoms with Gasteiger partial charge in [-0.05, 0) is 89.3 Å². The van der Waals surface area contributed by atoms with Crippen molar-refractivity contribution >= 4 is 24.5 Å². The van der Waals surface area contributed by atoms with Gasteiger partial charge in [-0.25, -0.2) is 4.99 Å². The summed E-state index contributed by atoms with van der Waals surface area (Å²) in [5.74, 6) is 0. The third kappa shape index (κ3) is 9.57. The molecule has 324 valence electrons. The van der Waals surface area contributed by atoms with E-state index >= 15 is 4.32 Å². The van der Waals surface area contributed by atoms with Crippen molar-refractivity contribution in [1.82, 2.24) is 4.48 Å². The highest BCUT2D eigenvalue weighted by Crippen LogP contribution is 2.46. The van der Waals surface area contributed by atoms with E-state index in [1.165, 1.54) is 27.8 Å². The Labute approximate surface area is 379 Å². The first-order valence-corrected chi connectivity index (χ1v) is 22.7. The Bertz CT molecular complexity index is 2690. The van der Waals surface area contributed by atoms with Crippen molar-refractivity contribution in [2.45, 2.75) is 131 Å². The fraction of sp³-hybridized carbons (Fsp3) is 0.339. The first kappa shape index (κ1) is 45.5. The van der Waals surface area contributed by atoms with Crippen molar-refractivity contribution in [1.29, 1.82) is 0 Å². The van der Waals surface area contributed by atoms with Gasteiger partial charge in [0.15, 0.2) is 0 Å². The minimum atomic E-state index is -0.715. The van der Waals surface area contributed by atoms with Crippen LogP contribution in [0.2, 0.25) is 0 Å². The normalized spacial score (nSPS) is 14.7. The molecule has 63 heavy (non-hydrogen) atoms. The van der Waals surface area contributed by atoms with E-state index in [9.17, 15) is 0 Å². The Morgan fingerprint density at radius 2 is 0.794 bits per heavy atom. The van der Waals surface area contributed by atoms with Crippen molar-refractivity contribution in [3.63, 3.8) is 0 Å². The van der Waals surface area contributed by atoms with Crippen LogP contribution in [0.5, 0.6) is 0 Å². The zero-order chi connectivity index (χ0) is 45.9. The minimum absolute atomic E-state index is 0.00143. The monoisotopic (exact) mass is 835 g/mol. The lowest BCUT2D eigenvalue weighted by molar-refractivity contribution is 0.590. The van der Waals surface area contributed by atoms with Crippen molar-refractivity contribution in [3.8, 4) is 22.4 Å². The number of aliphatic imine (C=N–C) groups is 1. The summed E-state index contributed by atoms with van der Waals surface area (Å²) in [6.07, 6.45) is 2.24. The summed E-state index contributed by atoms with van der Waals surface area (Å²) in [7, 11) is -0.715. The summed E-state index contributed by atoms with van der Waals surface area (Å²) < 4.78 is 18.4. The third-order valence-corrected chi connectivity index (χ3v) is 12.7. The first-order valence-electron chi connectivity index (χ1n) is 22.7. The molecule has 2 heterocycles. The summed E-state index contributed by atoms with van der Waals surface area (Å²) >= 11 is 0. The van der Waals surface area contributed by atoms with Crippen LogP contribution in [0.3, 0.4) is 0 Å². The van der Waals surface area contributed by atoms with E-state index in [2.05, 4.69) is 237 Å². The van der Waals surface area contributed by atoms with Crippen LogP contribution in [0.15, 0.2) is 144 Å². The molecule has 0 unspecified atom stereocenters. The quantitative estimate of drug-likeness (QED) is 0.143. The second kappa shape index (κ2) is 16.6. The zero-order valence-electron chi connectivity index (χ0n) is 40.7. The molecular weight excluding hydrogens is 766 g/mol. The molecule has 0 bridgehead atoms. The maximum atomic E-state index is 16.5. The molecule has 5 aromatic carbocycles. The zero-order valence-corrected chi connectivity index (χ0v) is 40.7. The summed E-state index contributed by atoms with van der Waals surface area (Å²) in [6, 6.07) is 46.4. The molecule has 0 atom stereocenters.